The molecule has 2 N–H and O–H groups in total. The van der Waals surface area contributed by atoms with E-state index in [4.69, 9.17) is 0 Å². The average Bonchev–Trinajstić information content (AvgIpc) is 2.32. The van der Waals surface area contributed by atoms with Crippen molar-refractivity contribution >= 4 is 12.2 Å². The zero-order valence-electron chi connectivity index (χ0n) is 12.1. The van der Waals surface area contributed by atoms with Crippen LogP contribution >= 0.6 is 0 Å². The molecule has 0 aliphatic carbocycles. The average molecular weight is 265 g/mol. The zero-order valence-corrected chi connectivity index (χ0v) is 12.1. The largest absolute Gasteiger partial charge is 0.478 e. The summed E-state index contributed by atoms with van der Waals surface area (Å²) in [6.45, 7) is 12.1. The van der Waals surface area contributed by atoms with E-state index in [0.717, 1.165) is 12.1 Å². The molecule has 0 bridgehead atoms. The Bertz CT molecular complexity index is 424. The lowest BCUT2D eigenvalue weighted by Crippen LogP contribution is -2.44. The maximum absolute atomic E-state index is 11.3. The van der Waals surface area contributed by atoms with Crippen LogP contribution in [-0.4, -0.2) is 28.3 Å². The molecule has 0 saturated heterocycles. The van der Waals surface area contributed by atoms with Gasteiger partial charge in [-0.2, -0.15) is 0 Å². The summed E-state index contributed by atoms with van der Waals surface area (Å²) < 4.78 is 0. The second kappa shape index (κ2) is 6.52. The fourth-order valence-corrected chi connectivity index (χ4v) is 1.78. The Morgan fingerprint density at radius 3 is 2.63 bits per heavy atom. The lowest BCUT2D eigenvalue weighted by molar-refractivity contribution is -0.132. The van der Waals surface area contributed by atoms with Crippen molar-refractivity contribution in [2.75, 3.05) is 0 Å². The van der Waals surface area contributed by atoms with Crippen molar-refractivity contribution in [3.8, 4) is 0 Å². The molecule has 0 aromatic heterocycles. The fraction of sp³-hybridized carbons (Fsp3) is 0.571. The van der Waals surface area contributed by atoms with Crippen LogP contribution in [0.1, 0.15) is 40.5 Å². The van der Waals surface area contributed by atoms with Crippen molar-refractivity contribution in [1.82, 2.24) is 10.4 Å². The van der Waals surface area contributed by atoms with Crippen LogP contribution in [-0.2, 0) is 4.79 Å². The van der Waals surface area contributed by atoms with E-state index < -0.39 is 5.97 Å². The molecule has 19 heavy (non-hydrogen) atoms. The number of rotatable bonds is 6. The molecule has 0 aromatic rings. The van der Waals surface area contributed by atoms with Gasteiger partial charge in [0.2, 0.25) is 0 Å². The SMILES string of the molecule is C=C1N=CC(C(=O)O)=C(CC(C)C)N1NC(C)CC. The lowest BCUT2D eigenvalue weighted by atomic mass is 10.0. The Morgan fingerprint density at radius 1 is 1.53 bits per heavy atom. The Hall–Kier alpha value is -1.62. The number of hydrogen-bond acceptors (Lipinski definition) is 4. The zero-order chi connectivity index (χ0) is 14.6. The van der Waals surface area contributed by atoms with Crippen molar-refractivity contribution in [1.29, 1.82) is 0 Å². The summed E-state index contributed by atoms with van der Waals surface area (Å²) in [6.07, 6.45) is 2.98. The van der Waals surface area contributed by atoms with Gasteiger partial charge in [-0.25, -0.2) is 15.2 Å². The van der Waals surface area contributed by atoms with Gasteiger partial charge in [0.25, 0.3) is 0 Å². The minimum absolute atomic E-state index is 0.224. The summed E-state index contributed by atoms with van der Waals surface area (Å²) in [5.74, 6) is -0.0753. The molecule has 0 spiro atoms. The van der Waals surface area contributed by atoms with E-state index in [1.54, 1.807) is 5.01 Å². The molecule has 106 valence electrons. The maximum Gasteiger partial charge on any atom is 0.339 e. The summed E-state index contributed by atoms with van der Waals surface area (Å²) in [5, 5.41) is 11.0. The quantitative estimate of drug-likeness (QED) is 0.774. The van der Waals surface area contributed by atoms with Crippen molar-refractivity contribution in [3.05, 3.63) is 23.7 Å². The van der Waals surface area contributed by atoms with Crippen LogP contribution in [0.3, 0.4) is 0 Å². The third-order valence-corrected chi connectivity index (χ3v) is 2.98. The minimum Gasteiger partial charge on any atom is -0.478 e. The minimum atomic E-state index is -0.956. The Morgan fingerprint density at radius 2 is 2.16 bits per heavy atom. The first-order chi connectivity index (χ1) is 8.86. The monoisotopic (exact) mass is 265 g/mol. The molecular formula is C14H23N3O2. The number of carboxylic acids is 1. The van der Waals surface area contributed by atoms with E-state index in [9.17, 15) is 9.90 Å². The van der Waals surface area contributed by atoms with Gasteiger partial charge in [-0.05, 0) is 25.7 Å². The molecule has 0 amide bonds. The maximum atomic E-state index is 11.3. The van der Waals surface area contributed by atoms with E-state index in [2.05, 4.69) is 37.8 Å². The van der Waals surface area contributed by atoms with Crippen LogP contribution in [0, 0.1) is 5.92 Å². The van der Waals surface area contributed by atoms with Crippen LogP contribution in [0.15, 0.2) is 28.7 Å². The summed E-state index contributed by atoms with van der Waals surface area (Å²) in [6, 6.07) is 0.224. The van der Waals surface area contributed by atoms with Gasteiger partial charge in [0.05, 0.1) is 11.3 Å². The highest BCUT2D eigenvalue weighted by Gasteiger charge is 2.25. The molecule has 1 aliphatic heterocycles. The van der Waals surface area contributed by atoms with E-state index in [1.165, 1.54) is 6.21 Å². The molecule has 0 radical (unpaired) electrons. The van der Waals surface area contributed by atoms with E-state index in [0.29, 0.717) is 18.2 Å². The van der Waals surface area contributed by atoms with Crippen molar-refractivity contribution in [3.63, 3.8) is 0 Å². The molecule has 1 aliphatic rings. The van der Waals surface area contributed by atoms with Gasteiger partial charge >= 0.3 is 5.97 Å². The molecule has 1 rings (SSSR count). The van der Waals surface area contributed by atoms with Crippen LogP contribution in [0.4, 0.5) is 0 Å². The van der Waals surface area contributed by atoms with Crippen molar-refractivity contribution in [2.24, 2.45) is 10.9 Å². The number of nitrogens with one attached hydrogen (secondary N) is 1. The topological polar surface area (TPSA) is 64.9 Å². The Labute approximate surface area is 114 Å². The highest BCUT2D eigenvalue weighted by molar-refractivity contribution is 6.10. The number of aliphatic carboxylic acids is 1. The van der Waals surface area contributed by atoms with Crippen LogP contribution in [0.5, 0.6) is 0 Å². The number of allylic oxidation sites excluding steroid dienone is 1. The van der Waals surface area contributed by atoms with Crippen molar-refractivity contribution in [2.45, 2.75) is 46.6 Å². The van der Waals surface area contributed by atoms with E-state index in [-0.39, 0.29) is 11.6 Å². The summed E-state index contributed by atoms with van der Waals surface area (Å²) in [7, 11) is 0. The number of aliphatic imine (C=N–C) groups is 1. The normalized spacial score (nSPS) is 17.3. The van der Waals surface area contributed by atoms with Crippen LogP contribution < -0.4 is 5.43 Å². The third kappa shape index (κ3) is 3.92. The second-order valence-corrected chi connectivity index (χ2v) is 5.21. The van der Waals surface area contributed by atoms with Crippen molar-refractivity contribution < 1.29 is 9.90 Å². The number of carbonyl (C=O) groups is 1. The highest BCUT2D eigenvalue weighted by atomic mass is 16.4. The van der Waals surface area contributed by atoms with Crippen LogP contribution in [0.2, 0.25) is 0 Å². The number of hydrazine groups is 1. The molecule has 5 heteroatoms. The van der Waals surface area contributed by atoms with E-state index >= 15 is 0 Å². The Balaban J connectivity index is 3.12. The summed E-state index contributed by atoms with van der Waals surface area (Å²) in [4.78, 5) is 15.4. The summed E-state index contributed by atoms with van der Waals surface area (Å²) >= 11 is 0. The molecule has 1 heterocycles. The molecule has 0 saturated carbocycles. The van der Waals surface area contributed by atoms with Gasteiger partial charge < -0.3 is 5.11 Å². The predicted molar refractivity (Wildman–Crippen MR) is 76.5 cm³/mol. The fourth-order valence-electron chi connectivity index (χ4n) is 1.78. The number of nitrogens with zero attached hydrogens (tertiary/aromatic N) is 2. The lowest BCUT2D eigenvalue weighted by Gasteiger charge is -2.33. The summed E-state index contributed by atoms with van der Waals surface area (Å²) in [5.41, 5.74) is 4.22. The molecule has 1 atom stereocenters. The number of hydrogen-bond donors (Lipinski definition) is 2. The van der Waals surface area contributed by atoms with Gasteiger partial charge in [-0.15, -0.1) is 0 Å². The molecule has 0 fully saturated rings. The third-order valence-electron chi connectivity index (χ3n) is 2.98. The van der Waals surface area contributed by atoms with Gasteiger partial charge in [0, 0.05) is 12.3 Å². The first-order valence-electron chi connectivity index (χ1n) is 6.62. The standard InChI is InChI=1S/C14H23N3O2/c1-6-10(4)16-17-11(5)15-8-12(14(18)19)13(17)7-9(2)3/h8-10,16H,5-7H2,1-4H3,(H,18,19). The molecule has 5 nitrogen and oxygen atoms in total. The van der Waals surface area contributed by atoms with Gasteiger partial charge in [0.1, 0.15) is 5.82 Å². The smallest absolute Gasteiger partial charge is 0.339 e. The molecule has 0 aromatic carbocycles. The van der Waals surface area contributed by atoms with E-state index in [1.807, 2.05) is 6.92 Å². The van der Waals surface area contributed by atoms with Crippen LogP contribution in [0.25, 0.3) is 0 Å². The second-order valence-electron chi connectivity index (χ2n) is 5.21. The first kappa shape index (κ1) is 15.4. The highest BCUT2D eigenvalue weighted by Crippen LogP contribution is 2.25. The molecular weight excluding hydrogens is 242 g/mol. The number of carboxylic acid groups (broad SMARTS) is 1. The first-order valence-corrected chi connectivity index (χ1v) is 6.62. The van der Waals surface area contributed by atoms with Gasteiger partial charge in [0.15, 0.2) is 0 Å². The van der Waals surface area contributed by atoms with Gasteiger partial charge in [-0.3, -0.25) is 5.01 Å². The van der Waals surface area contributed by atoms with Gasteiger partial charge in [-0.1, -0.05) is 27.4 Å². The Kier molecular flexibility index (Phi) is 5.30. The predicted octanol–water partition coefficient (Wildman–Crippen LogP) is 2.53. The molecule has 1 unspecified atom stereocenters.